The van der Waals surface area contributed by atoms with Crippen LogP contribution in [0.4, 0.5) is 8.78 Å². The van der Waals surface area contributed by atoms with Gasteiger partial charge in [-0.25, -0.2) is 18.4 Å². The van der Waals surface area contributed by atoms with E-state index in [1.807, 2.05) is 52.0 Å². The van der Waals surface area contributed by atoms with Crippen LogP contribution >= 0.6 is 11.6 Å². The average Bonchev–Trinajstić information content (AvgIpc) is 3.84. The molecule has 0 saturated carbocycles. The first-order valence-electron chi connectivity index (χ1n) is 16.7. The molecule has 3 heterocycles. The number of hydrogen-bond donors (Lipinski definition) is 0. The number of rotatable bonds is 10. The molecule has 1 aliphatic rings. The molecule has 0 spiro atoms. The summed E-state index contributed by atoms with van der Waals surface area (Å²) in [5.74, 6) is -1.07. The summed E-state index contributed by atoms with van der Waals surface area (Å²) in [7, 11) is 1.58. The molecule has 0 atom stereocenters. The van der Waals surface area contributed by atoms with E-state index >= 15 is 0 Å². The fraction of sp³-hybridized carbons (Fsp3) is 0.205. The molecule has 7 rings (SSSR count). The molecule has 2 aromatic heterocycles. The van der Waals surface area contributed by atoms with Crippen molar-refractivity contribution in [2.45, 2.75) is 32.0 Å². The van der Waals surface area contributed by atoms with Gasteiger partial charge < -0.3 is 19.1 Å². The third-order valence-electron chi connectivity index (χ3n) is 8.98. The Bertz CT molecular complexity index is 2220. The molecule has 13 heteroatoms. The van der Waals surface area contributed by atoms with Gasteiger partial charge in [0.05, 0.1) is 35.8 Å². The number of benzene rings is 4. The van der Waals surface area contributed by atoms with E-state index in [-0.39, 0.29) is 40.9 Å². The number of carbonyl (C=O) groups is 2. The van der Waals surface area contributed by atoms with Gasteiger partial charge >= 0.3 is 0 Å². The fourth-order valence-electron chi connectivity index (χ4n) is 6.24. The highest BCUT2D eigenvalue weighted by molar-refractivity contribution is 6.30. The summed E-state index contributed by atoms with van der Waals surface area (Å²) in [6.07, 6.45) is 7.15. The Kier molecular flexibility index (Phi) is 10.1. The van der Waals surface area contributed by atoms with Gasteiger partial charge in [-0.1, -0.05) is 53.2 Å². The minimum atomic E-state index is -0.592. The van der Waals surface area contributed by atoms with E-state index < -0.39 is 11.6 Å². The molecule has 1 saturated heterocycles. The Labute approximate surface area is 303 Å². The SMILES string of the molecule is CN(Cc1cc(F)ccc1Oc1ccc(F)c(Cl)c1)C(=O)c1cccc(C(=O)N2CCC(n3cc(Cn4cnc(-c5ccccc5)c4)nn3)CC2)c1. The van der Waals surface area contributed by atoms with E-state index in [0.717, 1.165) is 17.0 Å². The van der Waals surface area contributed by atoms with Gasteiger partial charge in [-0.3, -0.25) is 9.59 Å². The third kappa shape index (κ3) is 7.87. The summed E-state index contributed by atoms with van der Waals surface area (Å²) < 4.78 is 37.6. The zero-order valence-corrected chi connectivity index (χ0v) is 29.0. The van der Waals surface area contributed by atoms with Crippen LogP contribution < -0.4 is 4.74 Å². The Morgan fingerprint density at radius 3 is 2.50 bits per heavy atom. The second-order valence-corrected chi connectivity index (χ2v) is 13.1. The highest BCUT2D eigenvalue weighted by atomic mass is 35.5. The molecule has 6 aromatic rings. The van der Waals surface area contributed by atoms with Gasteiger partial charge in [0.2, 0.25) is 0 Å². The molecule has 1 fully saturated rings. The minimum Gasteiger partial charge on any atom is -0.457 e. The highest BCUT2D eigenvalue weighted by Gasteiger charge is 2.26. The predicted molar refractivity (Wildman–Crippen MR) is 191 cm³/mol. The van der Waals surface area contributed by atoms with Crippen LogP contribution in [0.15, 0.2) is 110 Å². The van der Waals surface area contributed by atoms with Gasteiger partial charge in [-0.05, 0) is 61.4 Å². The molecule has 0 bridgehead atoms. The normalized spacial score (nSPS) is 13.3. The largest absolute Gasteiger partial charge is 0.457 e. The van der Waals surface area contributed by atoms with Crippen molar-refractivity contribution in [3.05, 3.63) is 149 Å². The highest BCUT2D eigenvalue weighted by Crippen LogP contribution is 2.30. The summed E-state index contributed by atoms with van der Waals surface area (Å²) in [4.78, 5) is 34.8. The summed E-state index contributed by atoms with van der Waals surface area (Å²) >= 11 is 5.89. The van der Waals surface area contributed by atoms with E-state index in [0.29, 0.717) is 49.2 Å². The Balaban J connectivity index is 0.949. The van der Waals surface area contributed by atoms with Gasteiger partial charge in [-0.15, -0.1) is 5.10 Å². The Morgan fingerprint density at radius 1 is 0.923 bits per heavy atom. The molecule has 0 radical (unpaired) electrons. The third-order valence-corrected chi connectivity index (χ3v) is 9.27. The van der Waals surface area contributed by atoms with Gasteiger partial charge in [0.1, 0.15) is 28.8 Å². The maximum Gasteiger partial charge on any atom is 0.253 e. The van der Waals surface area contributed by atoms with E-state index in [1.54, 1.807) is 42.5 Å². The predicted octanol–water partition coefficient (Wildman–Crippen LogP) is 7.66. The van der Waals surface area contributed by atoms with Crippen LogP contribution in [0.25, 0.3) is 11.3 Å². The maximum atomic E-state index is 14.3. The molecular formula is C39H34ClF2N7O3. The van der Waals surface area contributed by atoms with Crippen molar-refractivity contribution in [2.75, 3.05) is 20.1 Å². The van der Waals surface area contributed by atoms with Crippen LogP contribution in [-0.2, 0) is 13.1 Å². The van der Waals surface area contributed by atoms with Crippen LogP contribution in [0, 0.1) is 11.6 Å². The number of carbonyl (C=O) groups excluding carboxylic acids is 2. The van der Waals surface area contributed by atoms with Crippen molar-refractivity contribution < 1.29 is 23.1 Å². The molecule has 264 valence electrons. The summed E-state index contributed by atoms with van der Waals surface area (Å²) in [5.41, 5.74) is 3.88. The van der Waals surface area contributed by atoms with Crippen LogP contribution in [0.5, 0.6) is 11.5 Å². The summed E-state index contributed by atoms with van der Waals surface area (Å²) in [5, 5.41) is 8.65. The quantitative estimate of drug-likeness (QED) is 0.144. The molecule has 0 aliphatic carbocycles. The van der Waals surface area contributed by atoms with Gasteiger partial charge in [0, 0.05) is 61.2 Å². The van der Waals surface area contributed by atoms with E-state index in [9.17, 15) is 18.4 Å². The van der Waals surface area contributed by atoms with Crippen LogP contribution in [0.1, 0.15) is 50.9 Å². The average molecular weight is 722 g/mol. The van der Waals surface area contributed by atoms with Crippen molar-refractivity contribution in [3.8, 4) is 22.8 Å². The number of imidazole rings is 1. The molecule has 0 N–H and O–H groups in total. The molecule has 2 amide bonds. The van der Waals surface area contributed by atoms with Crippen LogP contribution in [0.2, 0.25) is 5.02 Å². The second-order valence-electron chi connectivity index (χ2n) is 12.7. The Morgan fingerprint density at radius 2 is 1.71 bits per heavy atom. The van der Waals surface area contributed by atoms with Gasteiger partial charge in [-0.2, -0.15) is 0 Å². The molecule has 4 aromatic carbocycles. The second kappa shape index (κ2) is 15.2. The lowest BCUT2D eigenvalue weighted by Crippen LogP contribution is -2.39. The van der Waals surface area contributed by atoms with Crippen molar-refractivity contribution in [3.63, 3.8) is 0 Å². The van der Waals surface area contributed by atoms with Gasteiger partial charge in [0.15, 0.2) is 0 Å². The number of hydrogen-bond acceptors (Lipinski definition) is 6. The summed E-state index contributed by atoms with van der Waals surface area (Å²) in [6, 6.07) is 24.5. The summed E-state index contributed by atoms with van der Waals surface area (Å²) in [6.45, 7) is 1.61. The number of amides is 2. The first-order valence-corrected chi connectivity index (χ1v) is 17.1. The maximum absolute atomic E-state index is 14.3. The smallest absolute Gasteiger partial charge is 0.253 e. The van der Waals surface area contributed by atoms with Crippen LogP contribution in [0.3, 0.4) is 0 Å². The number of halogens is 3. The van der Waals surface area contributed by atoms with E-state index in [4.69, 9.17) is 16.3 Å². The first kappa shape index (κ1) is 34.6. The van der Waals surface area contributed by atoms with Crippen molar-refractivity contribution in [1.82, 2.24) is 34.3 Å². The van der Waals surface area contributed by atoms with Crippen molar-refractivity contribution in [1.29, 1.82) is 0 Å². The molecular weight excluding hydrogens is 688 g/mol. The van der Waals surface area contributed by atoms with Gasteiger partial charge in [0.25, 0.3) is 11.8 Å². The molecule has 52 heavy (non-hydrogen) atoms. The number of likely N-dealkylation sites (tertiary alicyclic amines) is 1. The zero-order valence-electron chi connectivity index (χ0n) is 28.2. The topological polar surface area (TPSA) is 98.4 Å². The Hall–Kier alpha value is -5.88. The standard InChI is InChI=1S/C39H34ClF2N7O3/c1-46(21-29-19-30(41)10-13-37(29)52-33-11-12-35(42)34(40)20-33)38(50)27-8-5-9-28(18-27)39(51)48-16-14-32(15-17-48)49-23-31(44-45-49)22-47-24-36(43-25-47)26-6-3-2-4-7-26/h2-13,18-20,23-25,32H,14-17,21-22H2,1H3. The number of piperidine rings is 1. The van der Waals surface area contributed by atoms with Crippen molar-refractivity contribution >= 4 is 23.4 Å². The van der Waals surface area contributed by atoms with Crippen LogP contribution in [-0.4, -0.2) is 66.3 Å². The zero-order chi connectivity index (χ0) is 36.2. The lowest BCUT2D eigenvalue weighted by molar-refractivity contribution is 0.0689. The number of aromatic nitrogens is 5. The fourth-order valence-corrected chi connectivity index (χ4v) is 6.41. The number of nitrogens with zero attached hydrogens (tertiary/aromatic N) is 7. The lowest BCUT2D eigenvalue weighted by atomic mass is 10.0. The monoisotopic (exact) mass is 721 g/mol. The first-order chi connectivity index (χ1) is 25.2. The number of ether oxygens (including phenoxy) is 1. The van der Waals surface area contributed by atoms with E-state index in [2.05, 4.69) is 15.3 Å². The lowest BCUT2D eigenvalue weighted by Gasteiger charge is -2.32. The van der Waals surface area contributed by atoms with Crippen molar-refractivity contribution in [2.24, 2.45) is 0 Å². The van der Waals surface area contributed by atoms with E-state index in [1.165, 1.54) is 41.3 Å². The minimum absolute atomic E-state index is 0.00753. The molecule has 10 nitrogen and oxygen atoms in total. The molecule has 0 unspecified atom stereocenters. The molecule has 1 aliphatic heterocycles.